The van der Waals surface area contributed by atoms with Gasteiger partial charge in [0.05, 0.1) is 5.75 Å². The van der Waals surface area contributed by atoms with E-state index in [2.05, 4.69) is 12.1 Å². The molecular formula is C23H20O3S. The fraction of sp³-hybridized carbons (Fsp3) is 0.217. The molecule has 0 N–H and O–H groups in total. The Morgan fingerprint density at radius 3 is 2.59 bits per heavy atom. The largest absolute Gasteiger partial charge is 0.457 e. The van der Waals surface area contributed by atoms with E-state index in [1.54, 1.807) is 0 Å². The highest BCUT2D eigenvalue weighted by Gasteiger charge is 2.15. The molecule has 0 spiro atoms. The van der Waals surface area contributed by atoms with Crippen molar-refractivity contribution in [3.8, 4) is 0 Å². The fourth-order valence-corrected chi connectivity index (χ4v) is 4.16. The molecule has 3 nitrogen and oxygen atoms in total. The number of ether oxygens (including phenoxy) is 1. The van der Waals surface area contributed by atoms with Crippen LogP contribution in [-0.2, 0) is 22.4 Å². The first kappa shape index (κ1) is 17.8. The molecule has 3 aromatic rings. The van der Waals surface area contributed by atoms with Crippen molar-refractivity contribution >= 4 is 34.3 Å². The minimum Gasteiger partial charge on any atom is -0.457 e. The molecule has 0 saturated heterocycles. The van der Waals surface area contributed by atoms with Crippen LogP contribution in [-0.4, -0.2) is 24.1 Å². The molecule has 0 heterocycles. The van der Waals surface area contributed by atoms with Gasteiger partial charge in [-0.25, -0.2) is 0 Å². The van der Waals surface area contributed by atoms with Gasteiger partial charge in [-0.3, -0.25) is 9.59 Å². The van der Waals surface area contributed by atoms with Crippen molar-refractivity contribution in [1.82, 2.24) is 0 Å². The van der Waals surface area contributed by atoms with Gasteiger partial charge in [-0.2, -0.15) is 0 Å². The van der Waals surface area contributed by atoms with Gasteiger partial charge in [0.25, 0.3) is 0 Å². The van der Waals surface area contributed by atoms with Crippen molar-refractivity contribution in [3.05, 3.63) is 77.4 Å². The average molecular weight is 376 g/mol. The molecule has 0 atom stereocenters. The molecule has 1 aliphatic carbocycles. The van der Waals surface area contributed by atoms with Crippen molar-refractivity contribution in [1.29, 1.82) is 0 Å². The Labute approximate surface area is 162 Å². The van der Waals surface area contributed by atoms with Gasteiger partial charge in [0.2, 0.25) is 0 Å². The number of thioether (sulfide) groups is 1. The summed E-state index contributed by atoms with van der Waals surface area (Å²) in [4.78, 5) is 25.3. The molecule has 0 aromatic heterocycles. The number of rotatable bonds is 6. The Hall–Kier alpha value is -2.59. The van der Waals surface area contributed by atoms with Crippen LogP contribution in [0.15, 0.2) is 65.6 Å². The van der Waals surface area contributed by atoms with E-state index in [0.29, 0.717) is 5.56 Å². The number of carbonyl (C=O) groups is 2. The first-order valence-electron chi connectivity index (χ1n) is 9.11. The van der Waals surface area contributed by atoms with Crippen molar-refractivity contribution < 1.29 is 14.3 Å². The number of hydrogen-bond acceptors (Lipinski definition) is 4. The summed E-state index contributed by atoms with van der Waals surface area (Å²) in [6.07, 6.45) is 3.26. The third kappa shape index (κ3) is 4.22. The minimum atomic E-state index is -0.373. The second-order valence-electron chi connectivity index (χ2n) is 6.72. The summed E-state index contributed by atoms with van der Waals surface area (Å²) in [5.41, 5.74) is 3.21. The number of carbonyl (C=O) groups excluding carboxylic acids is 2. The fourth-order valence-electron chi connectivity index (χ4n) is 3.42. The molecule has 0 saturated carbocycles. The van der Waals surface area contributed by atoms with Gasteiger partial charge in [0, 0.05) is 10.5 Å². The van der Waals surface area contributed by atoms with Gasteiger partial charge in [0.1, 0.15) is 0 Å². The van der Waals surface area contributed by atoms with Crippen LogP contribution >= 0.6 is 11.8 Å². The first-order valence-corrected chi connectivity index (χ1v) is 10.1. The number of hydrogen-bond donors (Lipinski definition) is 0. The molecule has 0 amide bonds. The monoisotopic (exact) mass is 376 g/mol. The standard InChI is InChI=1S/C23H20O3S/c24-22(20-9-8-17-6-3-7-18(17)12-20)14-26-23(25)15-27-21-11-10-16-4-1-2-5-19(16)13-21/h1-2,4-5,8-13H,3,6-7,14-15H2. The summed E-state index contributed by atoms with van der Waals surface area (Å²) < 4.78 is 5.18. The van der Waals surface area contributed by atoms with Crippen LogP contribution in [0.2, 0.25) is 0 Å². The summed E-state index contributed by atoms with van der Waals surface area (Å²) in [5, 5.41) is 2.31. The number of benzene rings is 3. The normalized spacial score (nSPS) is 12.7. The van der Waals surface area contributed by atoms with E-state index in [4.69, 9.17) is 4.74 Å². The van der Waals surface area contributed by atoms with Crippen molar-refractivity contribution in [2.24, 2.45) is 0 Å². The number of esters is 1. The van der Waals surface area contributed by atoms with Gasteiger partial charge < -0.3 is 4.74 Å². The smallest absolute Gasteiger partial charge is 0.316 e. The average Bonchev–Trinajstić information content (AvgIpc) is 3.18. The van der Waals surface area contributed by atoms with Crippen LogP contribution in [0, 0.1) is 0 Å². The van der Waals surface area contributed by atoms with E-state index >= 15 is 0 Å². The summed E-state index contributed by atoms with van der Waals surface area (Å²) in [6, 6.07) is 20.0. The zero-order valence-corrected chi connectivity index (χ0v) is 15.8. The molecule has 0 bridgehead atoms. The highest BCUT2D eigenvalue weighted by Crippen LogP contribution is 2.24. The highest BCUT2D eigenvalue weighted by molar-refractivity contribution is 8.00. The molecule has 0 fully saturated rings. The van der Waals surface area contributed by atoms with E-state index in [1.807, 2.05) is 48.5 Å². The highest BCUT2D eigenvalue weighted by atomic mass is 32.2. The van der Waals surface area contributed by atoms with E-state index in [9.17, 15) is 9.59 Å². The predicted molar refractivity (Wildman–Crippen MR) is 108 cm³/mol. The molecule has 4 rings (SSSR count). The Bertz CT molecular complexity index is 1010. The number of Topliss-reactive ketones (excluding diaryl/α,β-unsaturated/α-hetero) is 1. The Morgan fingerprint density at radius 2 is 1.70 bits per heavy atom. The molecule has 27 heavy (non-hydrogen) atoms. The van der Waals surface area contributed by atoms with E-state index in [0.717, 1.165) is 29.5 Å². The lowest BCUT2D eigenvalue weighted by atomic mass is 10.0. The van der Waals surface area contributed by atoms with Crippen LogP contribution in [0.3, 0.4) is 0 Å². The Kier molecular flexibility index (Phi) is 5.26. The van der Waals surface area contributed by atoms with Crippen LogP contribution in [0.25, 0.3) is 10.8 Å². The van der Waals surface area contributed by atoms with E-state index < -0.39 is 0 Å². The van der Waals surface area contributed by atoms with E-state index in [-0.39, 0.29) is 24.1 Å². The molecule has 1 aliphatic rings. The van der Waals surface area contributed by atoms with Gasteiger partial charge in [0.15, 0.2) is 12.4 Å². The number of aryl methyl sites for hydroxylation is 2. The second kappa shape index (κ2) is 7.97. The number of ketones is 1. The van der Waals surface area contributed by atoms with Gasteiger partial charge >= 0.3 is 5.97 Å². The lowest BCUT2D eigenvalue weighted by Gasteiger charge is -2.07. The SMILES string of the molecule is O=C(CSc1ccc2ccccc2c1)OCC(=O)c1ccc2c(c1)CCC2. The zero-order valence-electron chi connectivity index (χ0n) is 14.9. The molecule has 3 aromatic carbocycles. The molecule has 4 heteroatoms. The summed E-state index contributed by atoms with van der Waals surface area (Å²) in [5.74, 6) is -0.327. The minimum absolute atomic E-state index is 0.145. The Balaban J connectivity index is 1.29. The molecule has 0 radical (unpaired) electrons. The summed E-state index contributed by atoms with van der Waals surface area (Å²) in [6.45, 7) is -0.199. The quantitative estimate of drug-likeness (QED) is 0.350. The maximum atomic E-state index is 12.3. The third-order valence-corrected chi connectivity index (χ3v) is 5.83. The van der Waals surface area contributed by atoms with E-state index in [1.165, 1.54) is 28.3 Å². The molecule has 136 valence electrons. The summed E-state index contributed by atoms with van der Waals surface area (Å²) >= 11 is 1.42. The lowest BCUT2D eigenvalue weighted by Crippen LogP contribution is -2.15. The topological polar surface area (TPSA) is 43.4 Å². The van der Waals surface area contributed by atoms with Gasteiger partial charge in [-0.15, -0.1) is 11.8 Å². The number of fused-ring (bicyclic) bond motifs is 2. The third-order valence-electron chi connectivity index (χ3n) is 4.86. The van der Waals surface area contributed by atoms with Gasteiger partial charge in [-0.1, -0.05) is 42.5 Å². The maximum Gasteiger partial charge on any atom is 0.316 e. The van der Waals surface area contributed by atoms with Crippen LogP contribution in [0.5, 0.6) is 0 Å². The van der Waals surface area contributed by atoms with Crippen molar-refractivity contribution in [2.45, 2.75) is 24.2 Å². The molecule has 0 unspecified atom stereocenters. The van der Waals surface area contributed by atoms with Crippen molar-refractivity contribution in [3.63, 3.8) is 0 Å². The van der Waals surface area contributed by atoms with Crippen molar-refractivity contribution in [2.75, 3.05) is 12.4 Å². The van der Waals surface area contributed by atoms with Crippen LogP contribution in [0.1, 0.15) is 27.9 Å². The zero-order chi connectivity index (χ0) is 18.6. The van der Waals surface area contributed by atoms with Crippen LogP contribution < -0.4 is 0 Å². The molecular weight excluding hydrogens is 356 g/mol. The lowest BCUT2D eigenvalue weighted by molar-refractivity contribution is -0.139. The van der Waals surface area contributed by atoms with Gasteiger partial charge in [-0.05, 0) is 59.4 Å². The predicted octanol–water partition coefficient (Wildman–Crippen LogP) is 4.85. The second-order valence-corrected chi connectivity index (χ2v) is 7.77. The van der Waals surface area contributed by atoms with Crippen LogP contribution in [0.4, 0.5) is 0 Å². The first-order chi connectivity index (χ1) is 13.2. The Morgan fingerprint density at radius 1 is 0.889 bits per heavy atom. The molecule has 0 aliphatic heterocycles. The maximum absolute atomic E-state index is 12.3. The summed E-state index contributed by atoms with van der Waals surface area (Å²) in [7, 11) is 0.